The molecule has 9 heteroatoms. The van der Waals surface area contributed by atoms with Crippen LogP contribution in [0.4, 0.5) is 0 Å². The average molecular weight is 505 g/mol. The number of carbonyl (C=O) groups is 2. The van der Waals surface area contributed by atoms with Crippen LogP contribution < -0.4 is 9.47 Å². The van der Waals surface area contributed by atoms with E-state index in [1.54, 1.807) is 22.9 Å². The van der Waals surface area contributed by atoms with Crippen molar-refractivity contribution in [3.8, 4) is 17.2 Å². The summed E-state index contributed by atoms with van der Waals surface area (Å²) in [5.74, 6) is -0.622. The van der Waals surface area contributed by atoms with Gasteiger partial charge in [0.15, 0.2) is 11.5 Å². The van der Waals surface area contributed by atoms with E-state index in [-0.39, 0.29) is 11.3 Å². The maximum atomic E-state index is 13.4. The molecule has 0 aliphatic carbocycles. The smallest absolute Gasteiger partial charge is 0.295 e. The number of hydrogen-bond acceptors (Lipinski definition) is 7. The highest BCUT2D eigenvalue weighted by Crippen LogP contribution is 2.42. The molecule has 37 heavy (non-hydrogen) atoms. The number of likely N-dealkylation sites (N-methyl/N-ethyl adjacent to an activating group) is 1. The Bertz CT molecular complexity index is 1330. The van der Waals surface area contributed by atoms with Gasteiger partial charge in [0.05, 0.1) is 48.5 Å². The fourth-order valence-electron chi connectivity index (χ4n) is 4.51. The quantitative estimate of drug-likeness (QED) is 0.270. The highest BCUT2D eigenvalue weighted by Gasteiger charge is 2.46. The molecule has 1 aromatic heterocycles. The van der Waals surface area contributed by atoms with Crippen LogP contribution in [0.25, 0.3) is 11.4 Å². The Morgan fingerprint density at radius 3 is 2.49 bits per heavy atom. The summed E-state index contributed by atoms with van der Waals surface area (Å²) in [6, 6.07) is 14.0. The molecule has 2 aromatic carbocycles. The second-order valence-electron chi connectivity index (χ2n) is 9.03. The van der Waals surface area contributed by atoms with Gasteiger partial charge in [-0.15, -0.1) is 0 Å². The summed E-state index contributed by atoms with van der Waals surface area (Å²) in [6.07, 6.45) is 1.51. The summed E-state index contributed by atoms with van der Waals surface area (Å²) in [4.78, 5) is 30.0. The van der Waals surface area contributed by atoms with E-state index in [1.807, 2.05) is 63.2 Å². The van der Waals surface area contributed by atoms with Gasteiger partial charge in [-0.25, -0.2) is 4.68 Å². The van der Waals surface area contributed by atoms with Crippen molar-refractivity contribution in [2.24, 2.45) is 0 Å². The molecule has 1 unspecified atom stereocenters. The van der Waals surface area contributed by atoms with Gasteiger partial charge in [0.25, 0.3) is 11.7 Å². The van der Waals surface area contributed by atoms with Gasteiger partial charge in [0.2, 0.25) is 0 Å². The van der Waals surface area contributed by atoms with E-state index >= 15 is 0 Å². The van der Waals surface area contributed by atoms with Crippen molar-refractivity contribution < 1.29 is 24.2 Å². The zero-order valence-electron chi connectivity index (χ0n) is 21.8. The molecule has 1 aliphatic heterocycles. The summed E-state index contributed by atoms with van der Waals surface area (Å²) >= 11 is 0. The lowest BCUT2D eigenvalue weighted by atomic mass is 9.95. The van der Waals surface area contributed by atoms with Crippen LogP contribution in [-0.4, -0.2) is 77.3 Å². The molecule has 1 fully saturated rings. The molecule has 1 saturated heterocycles. The van der Waals surface area contributed by atoms with Crippen molar-refractivity contribution in [2.75, 3.05) is 40.9 Å². The third-order valence-corrected chi connectivity index (χ3v) is 6.40. The van der Waals surface area contributed by atoms with Crippen molar-refractivity contribution in [3.05, 3.63) is 77.1 Å². The molecule has 0 bridgehead atoms. The first-order valence-corrected chi connectivity index (χ1v) is 12.1. The van der Waals surface area contributed by atoms with Crippen molar-refractivity contribution in [3.63, 3.8) is 0 Å². The van der Waals surface area contributed by atoms with Gasteiger partial charge in [-0.05, 0) is 57.8 Å². The number of nitrogens with zero attached hydrogens (tertiary/aromatic N) is 4. The normalized spacial score (nSPS) is 17.0. The number of hydrogen-bond donors (Lipinski definition) is 1. The maximum absolute atomic E-state index is 13.4. The number of ketones is 1. The third kappa shape index (κ3) is 4.95. The SMILES string of the molecule is CCOc1ccc(C2C(=C(O)c3cnn(-c4ccccc4)c3C)C(=O)C(=O)N2CCN(C)C)cc1OC. The molecular formula is C28H32N4O5. The number of aliphatic hydroxyl groups is 1. The summed E-state index contributed by atoms with van der Waals surface area (Å²) in [5.41, 5.74) is 2.50. The van der Waals surface area contributed by atoms with Crippen LogP contribution in [0.1, 0.15) is 29.8 Å². The van der Waals surface area contributed by atoms with Crippen LogP contribution in [0.3, 0.4) is 0 Å². The number of likely N-dealkylation sites (tertiary alicyclic amines) is 1. The van der Waals surface area contributed by atoms with Crippen LogP contribution in [0.2, 0.25) is 0 Å². The van der Waals surface area contributed by atoms with Gasteiger partial charge in [-0.2, -0.15) is 5.10 Å². The molecule has 0 radical (unpaired) electrons. The number of aliphatic hydroxyl groups excluding tert-OH is 1. The number of amides is 1. The van der Waals surface area contributed by atoms with Crippen molar-refractivity contribution in [2.45, 2.75) is 19.9 Å². The number of benzene rings is 2. The Labute approximate surface area is 216 Å². The summed E-state index contributed by atoms with van der Waals surface area (Å²) in [5, 5.41) is 15.9. The summed E-state index contributed by atoms with van der Waals surface area (Å²) in [6.45, 7) is 4.99. The van der Waals surface area contributed by atoms with Crippen LogP contribution in [0, 0.1) is 6.92 Å². The summed E-state index contributed by atoms with van der Waals surface area (Å²) < 4.78 is 12.9. The Morgan fingerprint density at radius 2 is 1.84 bits per heavy atom. The minimum Gasteiger partial charge on any atom is -0.507 e. The molecule has 1 atom stereocenters. The van der Waals surface area contributed by atoms with Crippen LogP contribution >= 0.6 is 0 Å². The lowest BCUT2D eigenvalue weighted by molar-refractivity contribution is -0.140. The predicted molar refractivity (Wildman–Crippen MR) is 140 cm³/mol. The molecule has 0 saturated carbocycles. The predicted octanol–water partition coefficient (Wildman–Crippen LogP) is 3.57. The maximum Gasteiger partial charge on any atom is 0.295 e. The molecule has 2 heterocycles. The zero-order chi connectivity index (χ0) is 26.7. The highest BCUT2D eigenvalue weighted by molar-refractivity contribution is 6.46. The molecule has 1 aliphatic rings. The minimum atomic E-state index is -0.802. The number of aromatic nitrogens is 2. The highest BCUT2D eigenvalue weighted by atomic mass is 16.5. The van der Waals surface area contributed by atoms with E-state index in [9.17, 15) is 14.7 Å². The molecule has 1 amide bonds. The monoisotopic (exact) mass is 504 g/mol. The Morgan fingerprint density at radius 1 is 1.11 bits per heavy atom. The van der Waals surface area contributed by atoms with Crippen molar-refractivity contribution >= 4 is 17.4 Å². The minimum absolute atomic E-state index is 0.0191. The number of carbonyl (C=O) groups excluding carboxylic acids is 2. The Kier molecular flexibility index (Phi) is 7.63. The first kappa shape index (κ1) is 26.0. The second kappa shape index (κ2) is 10.9. The fourth-order valence-corrected chi connectivity index (χ4v) is 4.51. The van der Waals surface area contributed by atoms with Crippen LogP contribution in [0.5, 0.6) is 11.5 Å². The van der Waals surface area contributed by atoms with E-state index in [0.29, 0.717) is 48.0 Å². The first-order valence-electron chi connectivity index (χ1n) is 12.1. The average Bonchev–Trinajstić information content (AvgIpc) is 3.40. The fraction of sp³-hybridized carbons (Fsp3) is 0.321. The Balaban J connectivity index is 1.86. The van der Waals surface area contributed by atoms with E-state index < -0.39 is 17.7 Å². The van der Waals surface area contributed by atoms with Gasteiger partial charge < -0.3 is 24.4 Å². The molecule has 3 aromatic rings. The lowest BCUT2D eigenvalue weighted by Gasteiger charge is -2.27. The summed E-state index contributed by atoms with van der Waals surface area (Å²) in [7, 11) is 5.33. The van der Waals surface area contributed by atoms with Crippen molar-refractivity contribution in [1.82, 2.24) is 19.6 Å². The van der Waals surface area contributed by atoms with Gasteiger partial charge in [-0.3, -0.25) is 9.59 Å². The Hall–Kier alpha value is -4.11. The third-order valence-electron chi connectivity index (χ3n) is 6.40. The number of Topliss-reactive ketones (excluding diaryl/α,β-unsaturated/α-hetero) is 1. The van der Waals surface area contributed by atoms with Crippen LogP contribution in [0.15, 0.2) is 60.3 Å². The molecule has 1 N–H and O–H groups in total. The molecule has 4 rings (SSSR count). The number of rotatable bonds is 9. The lowest BCUT2D eigenvalue weighted by Crippen LogP contribution is -2.35. The molecule has 9 nitrogen and oxygen atoms in total. The molecule has 0 spiro atoms. The van der Waals surface area contributed by atoms with Gasteiger partial charge in [0, 0.05) is 13.1 Å². The zero-order valence-corrected chi connectivity index (χ0v) is 21.8. The standard InChI is InChI=1S/C28H32N4O5/c1-6-37-22-13-12-19(16-23(22)36-5)25-24(27(34)28(35)31(25)15-14-30(3)4)26(33)21-17-29-32(18(21)2)20-10-8-7-9-11-20/h7-13,16-17,25,33H,6,14-15H2,1-5H3. The first-order chi connectivity index (χ1) is 17.8. The number of para-hydroxylation sites is 1. The topological polar surface area (TPSA) is 97.1 Å². The van der Waals surface area contributed by atoms with Crippen LogP contribution in [-0.2, 0) is 9.59 Å². The van der Waals surface area contributed by atoms with Gasteiger partial charge in [0.1, 0.15) is 5.76 Å². The van der Waals surface area contributed by atoms with Crippen molar-refractivity contribution in [1.29, 1.82) is 0 Å². The largest absolute Gasteiger partial charge is 0.507 e. The molecular weight excluding hydrogens is 472 g/mol. The van der Waals surface area contributed by atoms with E-state index in [1.165, 1.54) is 18.2 Å². The van der Waals surface area contributed by atoms with Gasteiger partial charge in [-0.1, -0.05) is 24.3 Å². The molecule has 194 valence electrons. The number of ether oxygens (including phenoxy) is 2. The van der Waals surface area contributed by atoms with E-state index in [0.717, 1.165) is 5.69 Å². The van der Waals surface area contributed by atoms with E-state index in [4.69, 9.17) is 9.47 Å². The second-order valence-corrected chi connectivity index (χ2v) is 9.03. The van der Waals surface area contributed by atoms with E-state index in [2.05, 4.69) is 5.10 Å². The van der Waals surface area contributed by atoms with Gasteiger partial charge >= 0.3 is 0 Å². The number of methoxy groups -OCH3 is 1.